The van der Waals surface area contributed by atoms with Crippen molar-refractivity contribution < 1.29 is 9.90 Å². The van der Waals surface area contributed by atoms with E-state index in [1.807, 2.05) is 0 Å². The van der Waals surface area contributed by atoms with Crippen LogP contribution in [-0.2, 0) is 0 Å². The number of nitrogens with zero attached hydrogens (tertiary/aromatic N) is 1. The quantitative estimate of drug-likeness (QED) is 0.873. The molecule has 0 aliphatic heterocycles. The highest BCUT2D eigenvalue weighted by molar-refractivity contribution is 7.12. The highest BCUT2D eigenvalue weighted by Gasteiger charge is 2.22. The Labute approximate surface area is 119 Å². The molecule has 5 heteroatoms. The molecule has 0 aromatic carbocycles. The number of urea groups is 1. The number of amides is 2. The van der Waals surface area contributed by atoms with Crippen LogP contribution in [0.5, 0.6) is 0 Å². The van der Waals surface area contributed by atoms with E-state index in [0.29, 0.717) is 12.5 Å². The monoisotopic (exact) mass is 284 g/mol. The van der Waals surface area contributed by atoms with Crippen molar-refractivity contribution in [2.24, 2.45) is 5.92 Å². The van der Waals surface area contributed by atoms with E-state index < -0.39 is 0 Å². The third-order valence-electron chi connectivity index (χ3n) is 3.14. The molecule has 2 N–H and O–H groups in total. The van der Waals surface area contributed by atoms with Gasteiger partial charge >= 0.3 is 6.03 Å². The number of carbonyl (C=O) groups excluding carboxylic acids is 1. The molecule has 0 saturated carbocycles. The number of aliphatic hydroxyl groups is 1. The zero-order chi connectivity index (χ0) is 14.6. The SMILES string of the molecule is Cc1cc([C@H](NC(=O)N(C)CCO)C(C)C)c(C)s1. The predicted molar refractivity (Wildman–Crippen MR) is 79.6 cm³/mol. The van der Waals surface area contributed by atoms with Crippen molar-refractivity contribution in [2.75, 3.05) is 20.2 Å². The molecule has 0 fully saturated rings. The van der Waals surface area contributed by atoms with Crippen molar-refractivity contribution >= 4 is 17.4 Å². The number of rotatable bonds is 5. The van der Waals surface area contributed by atoms with Crippen molar-refractivity contribution in [1.29, 1.82) is 0 Å². The number of carbonyl (C=O) groups is 1. The highest BCUT2D eigenvalue weighted by atomic mass is 32.1. The van der Waals surface area contributed by atoms with Gasteiger partial charge in [0.15, 0.2) is 0 Å². The minimum absolute atomic E-state index is 0.0126. The second kappa shape index (κ2) is 6.91. The largest absolute Gasteiger partial charge is 0.395 e. The summed E-state index contributed by atoms with van der Waals surface area (Å²) in [5, 5.41) is 11.9. The Hall–Kier alpha value is -1.07. The Morgan fingerprint density at radius 2 is 2.11 bits per heavy atom. The van der Waals surface area contributed by atoms with E-state index in [-0.39, 0.29) is 18.7 Å². The van der Waals surface area contributed by atoms with Crippen LogP contribution in [0.3, 0.4) is 0 Å². The van der Waals surface area contributed by atoms with Crippen molar-refractivity contribution in [1.82, 2.24) is 10.2 Å². The Morgan fingerprint density at radius 3 is 2.53 bits per heavy atom. The number of hydrogen-bond acceptors (Lipinski definition) is 3. The molecule has 1 aromatic heterocycles. The number of aryl methyl sites for hydroxylation is 2. The molecule has 0 bridgehead atoms. The minimum Gasteiger partial charge on any atom is -0.395 e. The topological polar surface area (TPSA) is 52.6 Å². The Balaban J connectivity index is 2.85. The fourth-order valence-corrected chi connectivity index (χ4v) is 3.03. The van der Waals surface area contributed by atoms with Crippen LogP contribution in [-0.4, -0.2) is 36.2 Å². The molecule has 0 aliphatic carbocycles. The molecule has 108 valence electrons. The summed E-state index contributed by atoms with van der Waals surface area (Å²) in [6.45, 7) is 8.70. The van der Waals surface area contributed by atoms with Gasteiger partial charge in [0.2, 0.25) is 0 Å². The summed E-state index contributed by atoms with van der Waals surface area (Å²) in [4.78, 5) is 16.1. The number of thiophene rings is 1. The summed E-state index contributed by atoms with van der Waals surface area (Å²) in [6.07, 6.45) is 0. The maximum Gasteiger partial charge on any atom is 0.317 e. The molecule has 0 spiro atoms. The Kier molecular flexibility index (Phi) is 5.82. The lowest BCUT2D eigenvalue weighted by Gasteiger charge is -2.26. The first kappa shape index (κ1) is 16.0. The maximum atomic E-state index is 12.0. The van der Waals surface area contributed by atoms with Crippen LogP contribution in [0.4, 0.5) is 4.79 Å². The van der Waals surface area contributed by atoms with Gasteiger partial charge in [-0.25, -0.2) is 4.79 Å². The van der Waals surface area contributed by atoms with Gasteiger partial charge in [-0.3, -0.25) is 0 Å². The van der Waals surface area contributed by atoms with Gasteiger partial charge < -0.3 is 15.3 Å². The van der Waals surface area contributed by atoms with Gasteiger partial charge in [-0.15, -0.1) is 11.3 Å². The van der Waals surface area contributed by atoms with E-state index in [2.05, 4.69) is 39.1 Å². The molecule has 0 radical (unpaired) electrons. The summed E-state index contributed by atoms with van der Waals surface area (Å²) < 4.78 is 0. The molecule has 0 aliphatic rings. The first-order valence-electron chi connectivity index (χ1n) is 6.56. The molecule has 1 rings (SSSR count). The summed E-state index contributed by atoms with van der Waals surface area (Å²) in [5.74, 6) is 0.319. The molecule has 19 heavy (non-hydrogen) atoms. The van der Waals surface area contributed by atoms with E-state index in [1.54, 1.807) is 18.4 Å². The van der Waals surface area contributed by atoms with Gasteiger partial charge in [0.1, 0.15) is 0 Å². The van der Waals surface area contributed by atoms with Crippen LogP contribution in [0.25, 0.3) is 0 Å². The Morgan fingerprint density at radius 1 is 1.47 bits per heavy atom. The second-order valence-corrected chi connectivity index (χ2v) is 6.65. The molecular weight excluding hydrogens is 260 g/mol. The predicted octanol–water partition coefficient (Wildman–Crippen LogP) is 2.70. The fourth-order valence-electron chi connectivity index (χ4n) is 2.06. The van der Waals surface area contributed by atoms with Crippen LogP contribution in [0.1, 0.15) is 35.2 Å². The lowest BCUT2D eigenvalue weighted by Crippen LogP contribution is -2.42. The van der Waals surface area contributed by atoms with Crippen LogP contribution >= 0.6 is 11.3 Å². The van der Waals surface area contributed by atoms with Gasteiger partial charge in [0, 0.05) is 23.3 Å². The van der Waals surface area contributed by atoms with Gasteiger partial charge in [-0.05, 0) is 31.4 Å². The molecule has 0 unspecified atom stereocenters. The van der Waals surface area contributed by atoms with E-state index in [1.165, 1.54) is 20.2 Å². The lowest BCUT2D eigenvalue weighted by atomic mass is 9.96. The van der Waals surface area contributed by atoms with Crippen LogP contribution in [0.2, 0.25) is 0 Å². The van der Waals surface area contributed by atoms with Crippen molar-refractivity contribution in [3.8, 4) is 0 Å². The fraction of sp³-hybridized carbons (Fsp3) is 0.643. The average molecular weight is 284 g/mol. The lowest BCUT2D eigenvalue weighted by molar-refractivity contribution is 0.184. The summed E-state index contributed by atoms with van der Waals surface area (Å²) in [5.41, 5.74) is 1.20. The maximum absolute atomic E-state index is 12.0. The standard InChI is InChI=1S/C14H24N2O2S/c1-9(2)13(12-8-10(3)19-11(12)4)15-14(18)16(5)6-7-17/h8-9,13,17H,6-7H2,1-5H3,(H,15,18)/t13-/m1/s1. The van der Waals surface area contributed by atoms with Crippen molar-refractivity contribution in [2.45, 2.75) is 33.7 Å². The van der Waals surface area contributed by atoms with Crippen molar-refractivity contribution in [3.05, 3.63) is 21.4 Å². The van der Waals surface area contributed by atoms with E-state index >= 15 is 0 Å². The molecule has 0 saturated heterocycles. The molecular formula is C14H24N2O2S. The van der Waals surface area contributed by atoms with Crippen molar-refractivity contribution in [3.63, 3.8) is 0 Å². The summed E-state index contributed by atoms with van der Waals surface area (Å²) in [7, 11) is 1.69. The first-order chi connectivity index (χ1) is 8.86. The smallest absolute Gasteiger partial charge is 0.317 e. The first-order valence-corrected chi connectivity index (χ1v) is 7.37. The van der Waals surface area contributed by atoms with Crippen LogP contribution < -0.4 is 5.32 Å². The number of likely N-dealkylation sites (N-methyl/N-ethyl adjacent to an activating group) is 1. The average Bonchev–Trinajstić information content (AvgIpc) is 2.64. The van der Waals surface area contributed by atoms with E-state index in [4.69, 9.17) is 5.11 Å². The number of hydrogen-bond donors (Lipinski definition) is 2. The van der Waals surface area contributed by atoms with Gasteiger partial charge in [0.25, 0.3) is 0 Å². The number of aliphatic hydroxyl groups excluding tert-OH is 1. The molecule has 1 heterocycles. The third-order valence-corrected chi connectivity index (χ3v) is 4.12. The molecule has 2 amide bonds. The minimum atomic E-state index is -0.143. The normalized spacial score (nSPS) is 12.6. The molecule has 1 atom stereocenters. The van der Waals surface area contributed by atoms with Crippen LogP contribution in [0, 0.1) is 19.8 Å². The zero-order valence-electron chi connectivity index (χ0n) is 12.4. The third kappa shape index (κ3) is 4.21. The van der Waals surface area contributed by atoms with Crippen LogP contribution in [0.15, 0.2) is 6.07 Å². The second-order valence-electron chi connectivity index (χ2n) is 5.18. The summed E-state index contributed by atoms with van der Waals surface area (Å²) in [6, 6.07) is 2.02. The van der Waals surface area contributed by atoms with E-state index in [9.17, 15) is 4.79 Å². The molecule has 4 nitrogen and oxygen atoms in total. The van der Waals surface area contributed by atoms with E-state index in [0.717, 1.165) is 0 Å². The van der Waals surface area contributed by atoms with Gasteiger partial charge in [0.05, 0.1) is 12.6 Å². The number of nitrogens with one attached hydrogen (secondary N) is 1. The van der Waals surface area contributed by atoms with Gasteiger partial charge in [-0.1, -0.05) is 13.8 Å². The summed E-state index contributed by atoms with van der Waals surface area (Å²) >= 11 is 1.76. The Bertz CT molecular complexity index is 429. The highest BCUT2D eigenvalue weighted by Crippen LogP contribution is 2.30. The van der Waals surface area contributed by atoms with Gasteiger partial charge in [-0.2, -0.15) is 0 Å². The molecule has 1 aromatic rings. The zero-order valence-corrected chi connectivity index (χ0v) is 13.2.